The Morgan fingerprint density at radius 3 is 2.76 bits per heavy atom. The van der Waals surface area contributed by atoms with Gasteiger partial charge in [0.15, 0.2) is 0 Å². The zero-order valence-corrected chi connectivity index (χ0v) is 15.7. The van der Waals surface area contributed by atoms with Crippen molar-refractivity contribution in [2.24, 2.45) is 5.10 Å². The predicted molar refractivity (Wildman–Crippen MR) is 107 cm³/mol. The lowest BCUT2D eigenvalue weighted by molar-refractivity contribution is -0.384. The average Bonchev–Trinajstić information content (AvgIpc) is 3.17. The number of furan rings is 1. The molecule has 1 aromatic heterocycles. The molecule has 0 unspecified atom stereocenters. The van der Waals surface area contributed by atoms with Crippen molar-refractivity contribution in [3.63, 3.8) is 0 Å². The maximum absolute atomic E-state index is 11.1. The van der Waals surface area contributed by atoms with Gasteiger partial charge in [-0.25, -0.2) is 4.79 Å². The van der Waals surface area contributed by atoms with Crippen LogP contribution < -0.4 is 10.2 Å². The molecular formula is C19H14ClN3O6. The van der Waals surface area contributed by atoms with Crippen molar-refractivity contribution in [2.45, 2.75) is 0 Å². The Labute approximate surface area is 169 Å². The van der Waals surface area contributed by atoms with Crippen molar-refractivity contribution >= 4 is 35.2 Å². The van der Waals surface area contributed by atoms with Crippen LogP contribution in [0.5, 0.6) is 5.75 Å². The van der Waals surface area contributed by atoms with Crippen molar-refractivity contribution in [2.75, 3.05) is 12.5 Å². The van der Waals surface area contributed by atoms with Gasteiger partial charge in [0.1, 0.15) is 17.3 Å². The molecule has 0 aliphatic carbocycles. The third-order valence-electron chi connectivity index (χ3n) is 3.87. The molecule has 0 radical (unpaired) electrons. The molecule has 0 fully saturated rings. The summed E-state index contributed by atoms with van der Waals surface area (Å²) in [6.07, 6.45) is 1.40. The number of nitrogens with one attached hydrogen (secondary N) is 1. The number of hydrogen-bond acceptors (Lipinski definition) is 7. The van der Waals surface area contributed by atoms with Crippen LogP contribution in [-0.4, -0.2) is 29.3 Å². The van der Waals surface area contributed by atoms with Crippen LogP contribution in [0, 0.1) is 10.1 Å². The summed E-state index contributed by atoms with van der Waals surface area (Å²) in [5.74, 6) is 0.00561. The minimum Gasteiger partial charge on any atom is -0.496 e. The number of anilines is 1. The molecule has 9 nitrogen and oxygen atoms in total. The molecule has 2 aromatic carbocycles. The number of halogens is 1. The van der Waals surface area contributed by atoms with E-state index in [-0.39, 0.29) is 16.3 Å². The number of nitro groups is 1. The second-order valence-electron chi connectivity index (χ2n) is 5.71. The average molecular weight is 416 g/mol. The molecule has 0 bridgehead atoms. The molecule has 1 heterocycles. The number of benzene rings is 2. The van der Waals surface area contributed by atoms with E-state index < -0.39 is 10.9 Å². The molecule has 0 aliphatic heterocycles. The quantitative estimate of drug-likeness (QED) is 0.326. The Morgan fingerprint density at radius 2 is 2.07 bits per heavy atom. The zero-order chi connectivity index (χ0) is 21.0. The molecule has 0 saturated carbocycles. The van der Waals surface area contributed by atoms with Gasteiger partial charge >= 0.3 is 5.97 Å². The van der Waals surface area contributed by atoms with Gasteiger partial charge in [0.25, 0.3) is 5.69 Å². The van der Waals surface area contributed by atoms with Crippen LogP contribution in [0.15, 0.2) is 58.0 Å². The van der Waals surface area contributed by atoms with Gasteiger partial charge in [-0.05, 0) is 36.4 Å². The van der Waals surface area contributed by atoms with Gasteiger partial charge in [0.2, 0.25) is 0 Å². The standard InChI is InChI=1S/C19H14ClN3O6/c1-28-18-9-12(23(26)27)3-5-14(18)17-7-4-13(29-17)10-21-22-11-2-6-16(20)15(8-11)19(24)25/h2-10,22H,1H3,(H,24,25). The monoisotopic (exact) mass is 415 g/mol. The fraction of sp³-hybridized carbons (Fsp3) is 0.0526. The molecule has 3 aromatic rings. The first-order chi connectivity index (χ1) is 13.9. The molecule has 3 rings (SSSR count). The minimum absolute atomic E-state index is 0.0441. The topological polar surface area (TPSA) is 127 Å². The van der Waals surface area contributed by atoms with Gasteiger partial charge in [0.05, 0.1) is 46.2 Å². The fourth-order valence-electron chi connectivity index (χ4n) is 2.49. The molecule has 0 atom stereocenters. The maximum Gasteiger partial charge on any atom is 0.337 e. The summed E-state index contributed by atoms with van der Waals surface area (Å²) in [7, 11) is 1.41. The fourth-order valence-corrected chi connectivity index (χ4v) is 2.69. The summed E-state index contributed by atoms with van der Waals surface area (Å²) in [6.45, 7) is 0. The van der Waals surface area contributed by atoms with E-state index in [1.807, 2.05) is 0 Å². The Morgan fingerprint density at radius 1 is 1.28 bits per heavy atom. The van der Waals surface area contributed by atoms with Crippen molar-refractivity contribution in [3.05, 3.63) is 75.0 Å². The van der Waals surface area contributed by atoms with Crippen LogP contribution in [0.4, 0.5) is 11.4 Å². The Balaban J connectivity index is 1.76. The Kier molecular flexibility index (Phi) is 5.79. The highest BCUT2D eigenvalue weighted by atomic mass is 35.5. The SMILES string of the molecule is COc1cc([N+](=O)[O-])ccc1-c1ccc(C=NNc2ccc(Cl)c(C(=O)O)c2)o1. The number of rotatable bonds is 7. The Hall–Kier alpha value is -3.85. The van der Waals surface area contributed by atoms with Gasteiger partial charge in [-0.1, -0.05) is 11.6 Å². The zero-order valence-electron chi connectivity index (χ0n) is 15.0. The molecule has 0 spiro atoms. The van der Waals surface area contributed by atoms with E-state index in [2.05, 4.69) is 10.5 Å². The summed E-state index contributed by atoms with van der Waals surface area (Å²) in [5, 5.41) is 24.1. The van der Waals surface area contributed by atoms with Crippen LogP contribution in [0.25, 0.3) is 11.3 Å². The van der Waals surface area contributed by atoms with E-state index in [9.17, 15) is 14.9 Å². The number of methoxy groups -OCH3 is 1. The van der Waals surface area contributed by atoms with Crippen molar-refractivity contribution in [1.29, 1.82) is 0 Å². The lowest BCUT2D eigenvalue weighted by atomic mass is 10.1. The second kappa shape index (κ2) is 8.44. The van der Waals surface area contributed by atoms with Gasteiger partial charge in [0, 0.05) is 6.07 Å². The van der Waals surface area contributed by atoms with E-state index in [4.69, 9.17) is 25.9 Å². The molecule has 29 heavy (non-hydrogen) atoms. The van der Waals surface area contributed by atoms with E-state index >= 15 is 0 Å². The molecule has 148 valence electrons. The van der Waals surface area contributed by atoms with E-state index in [0.29, 0.717) is 28.5 Å². The van der Waals surface area contributed by atoms with E-state index in [1.54, 1.807) is 18.2 Å². The summed E-state index contributed by atoms with van der Waals surface area (Å²) < 4.78 is 10.9. The lowest BCUT2D eigenvalue weighted by Gasteiger charge is -2.05. The van der Waals surface area contributed by atoms with Crippen LogP contribution in [0.3, 0.4) is 0 Å². The van der Waals surface area contributed by atoms with Crippen LogP contribution >= 0.6 is 11.6 Å². The highest BCUT2D eigenvalue weighted by Crippen LogP contribution is 2.34. The molecule has 10 heteroatoms. The number of ether oxygens (including phenoxy) is 1. The first kappa shape index (κ1) is 19.9. The largest absolute Gasteiger partial charge is 0.496 e. The third kappa shape index (κ3) is 4.53. The molecule has 0 saturated heterocycles. The highest BCUT2D eigenvalue weighted by molar-refractivity contribution is 6.33. The summed E-state index contributed by atoms with van der Waals surface area (Å²) in [4.78, 5) is 21.5. The molecule has 0 amide bonds. The minimum atomic E-state index is -1.14. The first-order valence-corrected chi connectivity index (χ1v) is 8.51. The number of carbonyl (C=O) groups is 1. The second-order valence-corrected chi connectivity index (χ2v) is 6.12. The molecule has 0 aliphatic rings. The van der Waals surface area contributed by atoms with Crippen molar-refractivity contribution in [3.8, 4) is 17.1 Å². The van der Waals surface area contributed by atoms with E-state index in [1.165, 1.54) is 43.7 Å². The first-order valence-electron chi connectivity index (χ1n) is 8.13. The number of aromatic carboxylic acids is 1. The van der Waals surface area contributed by atoms with Crippen LogP contribution in [0.2, 0.25) is 5.02 Å². The number of hydrazone groups is 1. The van der Waals surface area contributed by atoms with Gasteiger partial charge in [-0.2, -0.15) is 5.10 Å². The van der Waals surface area contributed by atoms with Gasteiger partial charge < -0.3 is 14.3 Å². The highest BCUT2D eigenvalue weighted by Gasteiger charge is 2.15. The number of nitrogens with zero attached hydrogens (tertiary/aromatic N) is 2. The number of hydrogen-bond donors (Lipinski definition) is 2. The molecular weight excluding hydrogens is 402 g/mol. The maximum atomic E-state index is 11.1. The van der Waals surface area contributed by atoms with E-state index in [0.717, 1.165) is 0 Å². The van der Waals surface area contributed by atoms with Gasteiger partial charge in [-0.3, -0.25) is 15.5 Å². The smallest absolute Gasteiger partial charge is 0.337 e. The summed E-state index contributed by atoms with van der Waals surface area (Å²) in [6, 6.07) is 11.9. The number of non-ortho nitro benzene ring substituents is 1. The van der Waals surface area contributed by atoms with Crippen molar-refractivity contribution < 1.29 is 24.0 Å². The number of carboxylic acids is 1. The molecule has 2 N–H and O–H groups in total. The normalized spacial score (nSPS) is 10.8. The summed E-state index contributed by atoms with van der Waals surface area (Å²) in [5.41, 5.74) is 3.55. The number of carboxylic acid groups (broad SMARTS) is 1. The lowest BCUT2D eigenvalue weighted by Crippen LogP contribution is -1.99. The Bertz CT molecular complexity index is 1110. The van der Waals surface area contributed by atoms with Crippen LogP contribution in [-0.2, 0) is 0 Å². The van der Waals surface area contributed by atoms with Crippen LogP contribution in [0.1, 0.15) is 16.1 Å². The summed E-state index contributed by atoms with van der Waals surface area (Å²) >= 11 is 5.82. The third-order valence-corrected chi connectivity index (χ3v) is 4.20. The predicted octanol–water partition coefficient (Wildman–Crippen LogP) is 4.66. The van der Waals surface area contributed by atoms with Crippen molar-refractivity contribution in [1.82, 2.24) is 0 Å². The van der Waals surface area contributed by atoms with Gasteiger partial charge in [-0.15, -0.1) is 0 Å². The number of nitro benzene ring substituents is 1.